The molecule has 1 heterocycles. The topological polar surface area (TPSA) is 41.6 Å². The maximum Gasteiger partial charge on any atom is 0.112 e. The summed E-state index contributed by atoms with van der Waals surface area (Å²) in [6.45, 7) is 8.14. The van der Waals surface area contributed by atoms with Crippen LogP contribution in [0.3, 0.4) is 0 Å². The van der Waals surface area contributed by atoms with Gasteiger partial charge in [-0.3, -0.25) is 0 Å². The van der Waals surface area contributed by atoms with Gasteiger partial charge in [-0.15, -0.1) is 0 Å². The van der Waals surface area contributed by atoms with Gasteiger partial charge in [-0.05, 0) is 31.5 Å². The van der Waals surface area contributed by atoms with Crippen LogP contribution in [0.2, 0.25) is 0 Å². The predicted molar refractivity (Wildman–Crippen MR) is 73.4 cm³/mol. The number of nitrogens with zero attached hydrogens (tertiary/aromatic N) is 3. The second kappa shape index (κ2) is 4.13. The van der Waals surface area contributed by atoms with E-state index in [1.165, 1.54) is 0 Å². The standard InChI is InChI=1S/C15H19N3/c1-10(2)14-17-12-8-11(15(3,4)9-16)6-7-13(12)18(14)5/h6-8,10H,1-5H3. The normalized spacial score (nSPS) is 12.1. The minimum absolute atomic E-state index is 0.398. The summed E-state index contributed by atoms with van der Waals surface area (Å²) in [6, 6.07) is 8.45. The Morgan fingerprint density at radius 2 is 2.00 bits per heavy atom. The molecule has 0 aliphatic heterocycles. The number of nitriles is 1. The molecule has 0 amide bonds. The van der Waals surface area contributed by atoms with Gasteiger partial charge in [-0.1, -0.05) is 19.9 Å². The van der Waals surface area contributed by atoms with Crippen molar-refractivity contribution in [2.45, 2.75) is 39.0 Å². The molecule has 94 valence electrons. The van der Waals surface area contributed by atoms with E-state index >= 15 is 0 Å². The van der Waals surface area contributed by atoms with Crippen LogP contribution in [0.1, 0.15) is 45.0 Å². The second-order valence-corrected chi connectivity index (χ2v) is 5.62. The zero-order valence-electron chi connectivity index (χ0n) is 11.7. The molecule has 0 saturated carbocycles. The molecule has 0 bridgehead atoms. The summed E-state index contributed by atoms with van der Waals surface area (Å²) in [5.41, 5.74) is 2.65. The van der Waals surface area contributed by atoms with Crippen molar-refractivity contribution in [3.05, 3.63) is 29.6 Å². The Morgan fingerprint density at radius 1 is 1.33 bits per heavy atom. The summed E-state index contributed by atoms with van der Waals surface area (Å²) in [7, 11) is 2.04. The van der Waals surface area contributed by atoms with Crippen LogP contribution in [0.15, 0.2) is 18.2 Å². The van der Waals surface area contributed by atoms with Crippen molar-refractivity contribution in [3.8, 4) is 6.07 Å². The van der Waals surface area contributed by atoms with Crippen molar-refractivity contribution in [3.63, 3.8) is 0 Å². The molecule has 0 atom stereocenters. The minimum atomic E-state index is -0.469. The third-order valence-electron chi connectivity index (χ3n) is 3.43. The maximum atomic E-state index is 9.19. The van der Waals surface area contributed by atoms with Crippen LogP contribution in [-0.4, -0.2) is 9.55 Å². The van der Waals surface area contributed by atoms with Gasteiger partial charge in [0.15, 0.2) is 0 Å². The van der Waals surface area contributed by atoms with E-state index in [1.807, 2.05) is 33.0 Å². The SMILES string of the molecule is CC(C)c1nc2cc(C(C)(C)C#N)ccc2n1C. The highest BCUT2D eigenvalue weighted by molar-refractivity contribution is 5.77. The average Bonchev–Trinajstić information content (AvgIpc) is 2.66. The Hall–Kier alpha value is -1.82. The highest BCUT2D eigenvalue weighted by Gasteiger charge is 2.21. The van der Waals surface area contributed by atoms with Crippen LogP contribution in [0, 0.1) is 11.3 Å². The number of imidazole rings is 1. The number of fused-ring (bicyclic) bond motifs is 1. The molecule has 0 N–H and O–H groups in total. The van der Waals surface area contributed by atoms with E-state index in [0.717, 1.165) is 22.4 Å². The quantitative estimate of drug-likeness (QED) is 0.807. The number of rotatable bonds is 2. The monoisotopic (exact) mass is 241 g/mol. The van der Waals surface area contributed by atoms with Crippen LogP contribution < -0.4 is 0 Å². The average molecular weight is 241 g/mol. The van der Waals surface area contributed by atoms with E-state index in [2.05, 4.69) is 35.5 Å². The Kier molecular flexibility index (Phi) is 2.90. The Labute approximate surface area is 108 Å². The lowest BCUT2D eigenvalue weighted by Crippen LogP contribution is -2.13. The summed E-state index contributed by atoms with van der Waals surface area (Å²) in [4.78, 5) is 4.67. The summed E-state index contributed by atoms with van der Waals surface area (Å²) < 4.78 is 2.13. The Morgan fingerprint density at radius 3 is 2.56 bits per heavy atom. The molecule has 0 fully saturated rings. The van der Waals surface area contributed by atoms with Gasteiger partial charge in [-0.25, -0.2) is 4.98 Å². The largest absolute Gasteiger partial charge is 0.331 e. The highest BCUT2D eigenvalue weighted by Crippen LogP contribution is 2.27. The molecule has 0 unspecified atom stereocenters. The maximum absolute atomic E-state index is 9.19. The van der Waals surface area contributed by atoms with Gasteiger partial charge in [0.25, 0.3) is 0 Å². The third-order valence-corrected chi connectivity index (χ3v) is 3.43. The number of aromatic nitrogens is 2. The lowest BCUT2D eigenvalue weighted by atomic mass is 9.86. The van der Waals surface area contributed by atoms with Crippen LogP contribution in [0.5, 0.6) is 0 Å². The smallest absolute Gasteiger partial charge is 0.112 e. The Balaban J connectivity index is 2.64. The van der Waals surface area contributed by atoms with Crippen molar-refractivity contribution in [1.29, 1.82) is 5.26 Å². The predicted octanol–water partition coefficient (Wildman–Crippen LogP) is 3.50. The first-order valence-corrected chi connectivity index (χ1v) is 6.25. The van der Waals surface area contributed by atoms with E-state index < -0.39 is 5.41 Å². The molecular weight excluding hydrogens is 222 g/mol. The zero-order valence-corrected chi connectivity index (χ0v) is 11.7. The van der Waals surface area contributed by atoms with Gasteiger partial charge in [0.2, 0.25) is 0 Å². The minimum Gasteiger partial charge on any atom is -0.331 e. The summed E-state index contributed by atoms with van der Waals surface area (Å²) >= 11 is 0. The molecule has 1 aromatic carbocycles. The molecule has 0 aliphatic rings. The van der Waals surface area contributed by atoms with Gasteiger partial charge in [0.05, 0.1) is 22.5 Å². The molecule has 0 radical (unpaired) electrons. The molecule has 2 rings (SSSR count). The van der Waals surface area contributed by atoms with Crippen molar-refractivity contribution in [2.75, 3.05) is 0 Å². The van der Waals surface area contributed by atoms with Crippen LogP contribution in [0.25, 0.3) is 11.0 Å². The van der Waals surface area contributed by atoms with Crippen LogP contribution >= 0.6 is 0 Å². The van der Waals surface area contributed by atoms with Crippen molar-refractivity contribution < 1.29 is 0 Å². The molecular formula is C15H19N3. The summed E-state index contributed by atoms with van der Waals surface area (Å²) in [5.74, 6) is 1.48. The van der Waals surface area contributed by atoms with Gasteiger partial charge < -0.3 is 4.57 Å². The zero-order chi connectivity index (χ0) is 13.5. The third kappa shape index (κ3) is 1.88. The second-order valence-electron chi connectivity index (χ2n) is 5.62. The van der Waals surface area contributed by atoms with Crippen molar-refractivity contribution in [1.82, 2.24) is 9.55 Å². The number of hydrogen-bond donors (Lipinski definition) is 0. The highest BCUT2D eigenvalue weighted by atomic mass is 15.1. The lowest BCUT2D eigenvalue weighted by Gasteiger charge is -2.15. The number of benzene rings is 1. The number of hydrogen-bond acceptors (Lipinski definition) is 2. The fourth-order valence-electron chi connectivity index (χ4n) is 2.19. The molecule has 0 saturated heterocycles. The molecule has 2 aromatic rings. The molecule has 0 aliphatic carbocycles. The van der Waals surface area contributed by atoms with Crippen molar-refractivity contribution >= 4 is 11.0 Å². The molecule has 1 aromatic heterocycles. The van der Waals surface area contributed by atoms with E-state index in [-0.39, 0.29) is 0 Å². The van der Waals surface area contributed by atoms with E-state index in [9.17, 15) is 5.26 Å². The molecule has 18 heavy (non-hydrogen) atoms. The first-order chi connectivity index (χ1) is 8.36. The summed E-state index contributed by atoms with van der Waals surface area (Å²) in [6.07, 6.45) is 0. The van der Waals surface area contributed by atoms with Gasteiger partial charge in [0, 0.05) is 13.0 Å². The van der Waals surface area contributed by atoms with E-state index in [0.29, 0.717) is 5.92 Å². The fourth-order valence-corrected chi connectivity index (χ4v) is 2.19. The van der Waals surface area contributed by atoms with E-state index in [4.69, 9.17) is 0 Å². The van der Waals surface area contributed by atoms with Gasteiger partial charge >= 0.3 is 0 Å². The molecule has 3 heteroatoms. The molecule has 0 spiro atoms. The van der Waals surface area contributed by atoms with E-state index in [1.54, 1.807) is 0 Å². The van der Waals surface area contributed by atoms with Crippen molar-refractivity contribution in [2.24, 2.45) is 7.05 Å². The van der Waals surface area contributed by atoms with Gasteiger partial charge in [-0.2, -0.15) is 5.26 Å². The van der Waals surface area contributed by atoms with Gasteiger partial charge in [0.1, 0.15) is 5.82 Å². The molecule has 3 nitrogen and oxygen atoms in total. The fraction of sp³-hybridized carbons (Fsp3) is 0.467. The first-order valence-electron chi connectivity index (χ1n) is 6.25. The Bertz CT molecular complexity index is 627. The van der Waals surface area contributed by atoms with Crippen LogP contribution in [0.4, 0.5) is 0 Å². The first kappa shape index (κ1) is 12.6. The lowest BCUT2D eigenvalue weighted by molar-refractivity contribution is 0.688. The summed E-state index contributed by atoms with van der Waals surface area (Å²) in [5, 5.41) is 9.19. The number of aryl methyl sites for hydroxylation is 1. The van der Waals surface area contributed by atoms with Crippen LogP contribution in [-0.2, 0) is 12.5 Å².